The average Bonchev–Trinajstić information content (AvgIpc) is 2.90. The van der Waals surface area contributed by atoms with Crippen LogP contribution in [-0.2, 0) is 4.79 Å². The molecule has 0 saturated carbocycles. The van der Waals surface area contributed by atoms with Crippen LogP contribution in [0.25, 0.3) is 0 Å². The van der Waals surface area contributed by atoms with Gasteiger partial charge < -0.3 is 16.0 Å². The molecule has 2 heterocycles. The molecule has 154 valence electrons. The van der Waals surface area contributed by atoms with Crippen LogP contribution < -0.4 is 16.0 Å². The number of thioether (sulfide) groups is 1. The van der Waals surface area contributed by atoms with Gasteiger partial charge in [0.2, 0.25) is 5.91 Å². The highest BCUT2D eigenvalue weighted by atomic mass is 32.2. The van der Waals surface area contributed by atoms with Crippen molar-refractivity contribution < 1.29 is 4.79 Å². The minimum Gasteiger partial charge on any atom is -0.392 e. The van der Waals surface area contributed by atoms with Crippen molar-refractivity contribution in [2.75, 3.05) is 25.9 Å². The highest BCUT2D eigenvalue weighted by Crippen LogP contribution is 2.31. The second-order valence-corrected chi connectivity index (χ2v) is 8.51. The molecule has 0 aromatic carbocycles. The molecule has 0 unspecified atom stereocenters. The predicted octanol–water partition coefficient (Wildman–Crippen LogP) is 2.76. The van der Waals surface area contributed by atoms with E-state index in [4.69, 9.17) is 5.41 Å². The van der Waals surface area contributed by atoms with E-state index in [0.717, 1.165) is 37.3 Å². The smallest absolute Gasteiger partial charge is 0.233 e. The molecule has 1 saturated heterocycles. The van der Waals surface area contributed by atoms with Gasteiger partial charge in [-0.05, 0) is 30.4 Å². The first-order valence-electron chi connectivity index (χ1n) is 9.68. The van der Waals surface area contributed by atoms with Crippen LogP contribution >= 0.6 is 11.8 Å². The fourth-order valence-electron chi connectivity index (χ4n) is 2.94. The van der Waals surface area contributed by atoms with Crippen molar-refractivity contribution in [3.63, 3.8) is 0 Å². The molecule has 4 N–H and O–H groups in total. The van der Waals surface area contributed by atoms with E-state index >= 15 is 0 Å². The number of amidine groups is 1. The first-order chi connectivity index (χ1) is 13.4. The fraction of sp³-hybridized carbons (Fsp3) is 0.550. The molecule has 28 heavy (non-hydrogen) atoms. The summed E-state index contributed by atoms with van der Waals surface area (Å²) in [4.78, 5) is 18.5. The molecule has 0 spiro atoms. The average molecular weight is 405 g/mol. The van der Waals surface area contributed by atoms with Crippen LogP contribution in [0.5, 0.6) is 0 Å². The second kappa shape index (κ2) is 10.4. The van der Waals surface area contributed by atoms with Crippen molar-refractivity contribution in [1.82, 2.24) is 20.9 Å². The van der Waals surface area contributed by atoms with Crippen LogP contribution in [-0.4, -0.2) is 48.9 Å². The van der Waals surface area contributed by atoms with Crippen molar-refractivity contribution in [1.29, 1.82) is 5.41 Å². The Kier molecular flexibility index (Phi) is 8.17. The largest absolute Gasteiger partial charge is 0.392 e. The van der Waals surface area contributed by atoms with Gasteiger partial charge in [0.1, 0.15) is 0 Å². The van der Waals surface area contributed by atoms with E-state index in [0.29, 0.717) is 17.9 Å². The molecule has 0 atom stereocenters. The SMILES string of the molecule is C=C(N/C(=C/NC)C(=N)N1CCC(C)(C)C1=O)C1=CSCCCCCN=CN1. The van der Waals surface area contributed by atoms with Gasteiger partial charge in [0.15, 0.2) is 5.84 Å². The van der Waals surface area contributed by atoms with Gasteiger partial charge in [0, 0.05) is 31.8 Å². The number of carbonyl (C=O) groups excluding carboxylic acids is 1. The second-order valence-electron chi connectivity index (χ2n) is 7.53. The highest BCUT2D eigenvalue weighted by Gasteiger charge is 2.41. The summed E-state index contributed by atoms with van der Waals surface area (Å²) in [6.07, 6.45) is 7.55. The maximum atomic E-state index is 12.6. The fourth-order valence-corrected chi connectivity index (χ4v) is 3.81. The summed E-state index contributed by atoms with van der Waals surface area (Å²) in [6.45, 7) is 9.32. The third kappa shape index (κ3) is 5.89. The summed E-state index contributed by atoms with van der Waals surface area (Å²) in [5.74, 6) is 1.16. The number of rotatable bonds is 5. The van der Waals surface area contributed by atoms with Gasteiger partial charge in [-0.3, -0.25) is 20.1 Å². The van der Waals surface area contributed by atoms with Crippen LogP contribution in [0, 0.1) is 10.8 Å². The minimum absolute atomic E-state index is 0.0260. The Labute approximate surface area is 172 Å². The van der Waals surface area contributed by atoms with Gasteiger partial charge in [-0.1, -0.05) is 26.8 Å². The third-order valence-corrected chi connectivity index (χ3v) is 5.70. The van der Waals surface area contributed by atoms with Gasteiger partial charge in [-0.2, -0.15) is 0 Å². The Morgan fingerprint density at radius 3 is 2.89 bits per heavy atom. The monoisotopic (exact) mass is 404 g/mol. The zero-order valence-electron chi connectivity index (χ0n) is 17.1. The standard InChI is InChI=1S/C20H32N6OS/c1-15(17-13-28-11-7-5-6-9-23-14-24-17)25-16(12-22-4)18(21)26-10-8-20(2,3)19(26)27/h12-14,21-22,25H,1,5-11H2,2-4H3,(H,23,24)/b16-12+,17-13?,21-18?. The Hall–Kier alpha value is -2.22. The number of hydrogen-bond acceptors (Lipinski definition) is 7. The van der Waals surface area contributed by atoms with Crippen molar-refractivity contribution in [2.24, 2.45) is 10.4 Å². The lowest BCUT2D eigenvalue weighted by molar-refractivity contribution is -0.131. The summed E-state index contributed by atoms with van der Waals surface area (Å²) >= 11 is 1.73. The van der Waals surface area contributed by atoms with Gasteiger partial charge in [-0.15, -0.1) is 11.8 Å². The van der Waals surface area contributed by atoms with E-state index in [-0.39, 0.29) is 11.7 Å². The highest BCUT2D eigenvalue weighted by molar-refractivity contribution is 8.02. The number of nitrogens with zero attached hydrogens (tertiary/aromatic N) is 2. The van der Waals surface area contributed by atoms with Crippen LogP contribution in [0.15, 0.2) is 40.3 Å². The minimum atomic E-state index is -0.431. The van der Waals surface area contributed by atoms with Gasteiger partial charge >= 0.3 is 0 Å². The molecule has 2 rings (SSSR count). The first kappa shape index (κ1) is 22.1. The van der Waals surface area contributed by atoms with E-state index in [2.05, 4.69) is 27.5 Å². The summed E-state index contributed by atoms with van der Waals surface area (Å²) in [5.41, 5.74) is 1.49. The van der Waals surface area contributed by atoms with E-state index in [1.807, 2.05) is 19.3 Å². The van der Waals surface area contributed by atoms with Crippen molar-refractivity contribution in [3.05, 3.63) is 35.3 Å². The first-order valence-corrected chi connectivity index (χ1v) is 10.7. The lowest BCUT2D eigenvalue weighted by Gasteiger charge is -2.23. The topological polar surface area (TPSA) is 92.6 Å². The number of likely N-dealkylation sites (tertiary alicyclic amines) is 1. The van der Waals surface area contributed by atoms with E-state index in [1.165, 1.54) is 11.3 Å². The zero-order valence-corrected chi connectivity index (χ0v) is 17.9. The molecule has 2 aliphatic rings. The molecule has 1 amide bonds. The molecule has 0 aromatic heterocycles. The number of nitrogens with one attached hydrogen (secondary N) is 4. The maximum absolute atomic E-state index is 12.6. The number of aliphatic imine (C=N–C) groups is 1. The van der Waals surface area contributed by atoms with Gasteiger partial charge in [-0.25, -0.2) is 0 Å². The summed E-state index contributed by atoms with van der Waals surface area (Å²) in [6, 6.07) is 0. The zero-order chi connectivity index (χ0) is 20.6. The molecule has 1 fully saturated rings. The van der Waals surface area contributed by atoms with Crippen LogP contribution in [0.3, 0.4) is 0 Å². The lowest BCUT2D eigenvalue weighted by atomic mass is 9.92. The summed E-state index contributed by atoms with van der Waals surface area (Å²) < 4.78 is 0. The Bertz CT molecular complexity index is 695. The lowest BCUT2D eigenvalue weighted by Crippen LogP contribution is -2.40. The van der Waals surface area contributed by atoms with Crippen molar-refractivity contribution in [2.45, 2.75) is 39.5 Å². The molecule has 7 nitrogen and oxygen atoms in total. The quantitative estimate of drug-likeness (QED) is 0.418. The van der Waals surface area contributed by atoms with Crippen LogP contribution in [0.1, 0.15) is 39.5 Å². The summed E-state index contributed by atoms with van der Waals surface area (Å²) in [7, 11) is 1.76. The van der Waals surface area contributed by atoms with Crippen LogP contribution in [0.4, 0.5) is 0 Å². The molecule has 8 heteroatoms. The normalized spacial score (nSPS) is 20.7. The predicted molar refractivity (Wildman–Crippen MR) is 118 cm³/mol. The maximum Gasteiger partial charge on any atom is 0.233 e. The molecule has 0 bridgehead atoms. The van der Waals surface area contributed by atoms with Crippen LogP contribution in [0.2, 0.25) is 0 Å². The molecule has 0 aromatic rings. The van der Waals surface area contributed by atoms with E-state index in [1.54, 1.807) is 31.3 Å². The van der Waals surface area contributed by atoms with E-state index < -0.39 is 5.41 Å². The number of hydrogen-bond donors (Lipinski definition) is 4. The summed E-state index contributed by atoms with van der Waals surface area (Å²) in [5, 5.41) is 19.9. The van der Waals surface area contributed by atoms with Gasteiger partial charge in [0.05, 0.1) is 23.4 Å². The van der Waals surface area contributed by atoms with Crippen molar-refractivity contribution in [3.8, 4) is 0 Å². The Balaban J connectivity index is 2.11. The number of carbonyl (C=O) groups is 1. The molecular formula is C20H32N6OS. The molecule has 0 radical (unpaired) electrons. The number of amides is 1. The van der Waals surface area contributed by atoms with E-state index in [9.17, 15) is 4.79 Å². The van der Waals surface area contributed by atoms with Gasteiger partial charge in [0.25, 0.3) is 0 Å². The molecular weight excluding hydrogens is 372 g/mol. The molecule has 2 aliphatic heterocycles. The Morgan fingerprint density at radius 2 is 2.21 bits per heavy atom. The third-order valence-electron chi connectivity index (χ3n) is 4.77. The Morgan fingerprint density at radius 1 is 1.43 bits per heavy atom. The van der Waals surface area contributed by atoms with Crippen molar-refractivity contribution >= 4 is 29.8 Å². The molecule has 0 aliphatic carbocycles.